The molecular formula is C21H35NO. The van der Waals surface area contributed by atoms with Crippen LogP contribution in [0, 0.1) is 28.6 Å². The Hall–Kier alpha value is -0.340. The molecule has 2 N–H and O–H groups in total. The average Bonchev–Trinajstić information content (AvgIpc) is 2.85. The maximum atomic E-state index is 10.1. The van der Waals surface area contributed by atoms with Gasteiger partial charge in [0, 0.05) is 6.04 Å². The van der Waals surface area contributed by atoms with E-state index < -0.39 is 0 Å². The van der Waals surface area contributed by atoms with E-state index in [1.54, 1.807) is 5.57 Å². The summed E-state index contributed by atoms with van der Waals surface area (Å²) >= 11 is 0. The molecule has 7 atom stereocenters. The monoisotopic (exact) mass is 317 g/mol. The van der Waals surface area contributed by atoms with E-state index in [2.05, 4.69) is 32.2 Å². The second-order valence-electron chi connectivity index (χ2n) is 9.39. The second-order valence-corrected chi connectivity index (χ2v) is 9.39. The number of fused-ring (bicyclic) bond motifs is 5. The lowest BCUT2D eigenvalue weighted by molar-refractivity contribution is -0.0431. The Morgan fingerprint density at radius 1 is 1.13 bits per heavy atom. The van der Waals surface area contributed by atoms with Crippen LogP contribution in [0.5, 0.6) is 0 Å². The van der Waals surface area contributed by atoms with Crippen LogP contribution in [-0.2, 0) is 0 Å². The van der Waals surface area contributed by atoms with Crippen LogP contribution in [0.4, 0.5) is 0 Å². The van der Waals surface area contributed by atoms with Crippen LogP contribution >= 0.6 is 0 Å². The van der Waals surface area contributed by atoms with Crippen LogP contribution in [0.15, 0.2) is 11.6 Å². The number of hydrogen-bond acceptors (Lipinski definition) is 2. The lowest BCUT2D eigenvalue weighted by Gasteiger charge is -2.58. The fraction of sp³-hybridized carbons (Fsp3) is 0.905. The van der Waals surface area contributed by atoms with Gasteiger partial charge < -0.3 is 10.4 Å². The Kier molecular flexibility index (Phi) is 3.93. The molecule has 4 aliphatic rings. The predicted molar refractivity (Wildman–Crippen MR) is 95.2 cm³/mol. The summed E-state index contributed by atoms with van der Waals surface area (Å²) in [5.41, 5.74) is 2.51. The number of allylic oxidation sites excluding steroid dienone is 1. The van der Waals surface area contributed by atoms with Crippen molar-refractivity contribution >= 4 is 0 Å². The maximum absolute atomic E-state index is 10.1. The number of nitrogens with one attached hydrogen (secondary N) is 1. The fourth-order valence-electron chi connectivity index (χ4n) is 7.22. The van der Waals surface area contributed by atoms with E-state index in [-0.39, 0.29) is 6.10 Å². The van der Waals surface area contributed by atoms with Gasteiger partial charge in [0.1, 0.15) is 0 Å². The normalized spacial score (nSPS) is 52.3. The third-order valence-electron chi connectivity index (χ3n) is 8.53. The van der Waals surface area contributed by atoms with Crippen molar-refractivity contribution in [3.8, 4) is 0 Å². The molecule has 0 bridgehead atoms. The van der Waals surface area contributed by atoms with Gasteiger partial charge in [-0.1, -0.05) is 32.4 Å². The van der Waals surface area contributed by atoms with Crippen molar-refractivity contribution in [1.29, 1.82) is 0 Å². The smallest absolute Gasteiger partial charge is 0.0577 e. The Labute approximate surface area is 142 Å². The van der Waals surface area contributed by atoms with Gasteiger partial charge in [-0.15, -0.1) is 0 Å². The van der Waals surface area contributed by atoms with Crippen LogP contribution in [0.1, 0.15) is 72.1 Å². The molecule has 0 radical (unpaired) electrons. The first-order valence-electron chi connectivity index (χ1n) is 10.1. The SMILES string of the molecule is CCNC1CCC2C3CC=C4CC(O)CCC4(C)C3CCC12C. The summed E-state index contributed by atoms with van der Waals surface area (Å²) in [4.78, 5) is 0. The van der Waals surface area contributed by atoms with Gasteiger partial charge in [0.05, 0.1) is 6.10 Å². The zero-order chi connectivity index (χ0) is 16.2. The summed E-state index contributed by atoms with van der Waals surface area (Å²) < 4.78 is 0. The van der Waals surface area contributed by atoms with Gasteiger partial charge in [0.2, 0.25) is 0 Å². The Bertz CT molecular complexity index is 500. The van der Waals surface area contributed by atoms with Crippen molar-refractivity contribution in [2.24, 2.45) is 28.6 Å². The van der Waals surface area contributed by atoms with Gasteiger partial charge in [-0.25, -0.2) is 0 Å². The van der Waals surface area contributed by atoms with Gasteiger partial charge >= 0.3 is 0 Å². The molecule has 7 unspecified atom stereocenters. The summed E-state index contributed by atoms with van der Waals surface area (Å²) in [7, 11) is 0. The Morgan fingerprint density at radius 3 is 2.74 bits per heavy atom. The molecule has 3 fully saturated rings. The van der Waals surface area contributed by atoms with E-state index in [0.717, 1.165) is 43.2 Å². The van der Waals surface area contributed by atoms with Crippen molar-refractivity contribution in [1.82, 2.24) is 5.32 Å². The van der Waals surface area contributed by atoms with Gasteiger partial charge in [0.15, 0.2) is 0 Å². The molecule has 0 saturated heterocycles. The summed E-state index contributed by atoms with van der Waals surface area (Å²) in [5.74, 6) is 2.67. The molecule has 0 aromatic heterocycles. The minimum Gasteiger partial charge on any atom is -0.393 e. The number of aliphatic hydroxyl groups excluding tert-OH is 1. The average molecular weight is 318 g/mol. The molecule has 0 amide bonds. The highest BCUT2D eigenvalue weighted by molar-refractivity contribution is 5.25. The zero-order valence-electron chi connectivity index (χ0n) is 15.3. The second kappa shape index (κ2) is 5.59. The lowest BCUT2D eigenvalue weighted by Crippen LogP contribution is -2.53. The third-order valence-corrected chi connectivity index (χ3v) is 8.53. The molecule has 0 aromatic rings. The summed E-state index contributed by atoms with van der Waals surface area (Å²) in [6.07, 6.45) is 12.5. The largest absolute Gasteiger partial charge is 0.393 e. The Morgan fingerprint density at radius 2 is 1.96 bits per heavy atom. The standard InChI is InChI=1S/C21H35NO/c1-4-22-19-8-7-17-16-6-5-14-13-15(23)9-11-20(14,2)18(16)10-12-21(17,19)3/h5,15-19,22-23H,4,6-13H2,1-3H3. The first-order valence-corrected chi connectivity index (χ1v) is 10.1. The molecular weight excluding hydrogens is 282 g/mol. The van der Waals surface area contributed by atoms with Crippen molar-refractivity contribution in [2.45, 2.75) is 84.3 Å². The molecule has 23 heavy (non-hydrogen) atoms. The highest BCUT2D eigenvalue weighted by Gasteiger charge is 2.58. The third kappa shape index (κ3) is 2.28. The summed E-state index contributed by atoms with van der Waals surface area (Å²) in [6, 6.07) is 0.741. The van der Waals surface area contributed by atoms with Crippen molar-refractivity contribution < 1.29 is 5.11 Å². The number of rotatable bonds is 2. The first-order chi connectivity index (χ1) is 11.0. The molecule has 0 aromatic carbocycles. The number of aliphatic hydroxyl groups is 1. The van der Waals surface area contributed by atoms with Gasteiger partial charge in [-0.3, -0.25) is 0 Å². The number of hydrogen-bond donors (Lipinski definition) is 2. The molecule has 0 heterocycles. The molecule has 2 heteroatoms. The van der Waals surface area contributed by atoms with Gasteiger partial charge in [-0.2, -0.15) is 0 Å². The van der Waals surface area contributed by atoms with Crippen LogP contribution in [0.3, 0.4) is 0 Å². The molecule has 3 saturated carbocycles. The Balaban J connectivity index is 1.62. The molecule has 0 aliphatic heterocycles. The van der Waals surface area contributed by atoms with E-state index >= 15 is 0 Å². The van der Waals surface area contributed by atoms with E-state index in [9.17, 15) is 5.11 Å². The van der Waals surface area contributed by atoms with Crippen LogP contribution < -0.4 is 5.32 Å². The highest BCUT2D eigenvalue weighted by atomic mass is 16.3. The predicted octanol–water partition coefficient (Wildman–Crippen LogP) is 4.29. The van der Waals surface area contributed by atoms with E-state index in [4.69, 9.17) is 0 Å². The lowest BCUT2D eigenvalue weighted by atomic mass is 9.48. The zero-order valence-corrected chi connectivity index (χ0v) is 15.3. The molecule has 0 spiro atoms. The minimum absolute atomic E-state index is 0.0793. The van der Waals surface area contributed by atoms with Crippen molar-refractivity contribution in [2.75, 3.05) is 6.54 Å². The molecule has 130 valence electrons. The topological polar surface area (TPSA) is 32.3 Å². The molecule has 2 nitrogen and oxygen atoms in total. The van der Waals surface area contributed by atoms with Crippen molar-refractivity contribution in [3.05, 3.63) is 11.6 Å². The van der Waals surface area contributed by atoms with E-state index in [1.165, 1.54) is 38.5 Å². The quantitative estimate of drug-likeness (QED) is 0.745. The van der Waals surface area contributed by atoms with Crippen LogP contribution in [-0.4, -0.2) is 23.8 Å². The summed E-state index contributed by atoms with van der Waals surface area (Å²) in [6.45, 7) is 8.48. The van der Waals surface area contributed by atoms with Gasteiger partial charge in [-0.05, 0) is 86.5 Å². The fourth-order valence-corrected chi connectivity index (χ4v) is 7.22. The van der Waals surface area contributed by atoms with Crippen LogP contribution in [0.2, 0.25) is 0 Å². The van der Waals surface area contributed by atoms with Gasteiger partial charge in [0.25, 0.3) is 0 Å². The van der Waals surface area contributed by atoms with Crippen molar-refractivity contribution in [3.63, 3.8) is 0 Å². The maximum Gasteiger partial charge on any atom is 0.0577 e. The highest BCUT2D eigenvalue weighted by Crippen LogP contribution is 2.64. The minimum atomic E-state index is -0.0793. The first kappa shape index (κ1) is 16.1. The van der Waals surface area contributed by atoms with E-state index in [0.29, 0.717) is 10.8 Å². The van der Waals surface area contributed by atoms with Crippen LogP contribution in [0.25, 0.3) is 0 Å². The van der Waals surface area contributed by atoms with E-state index in [1.807, 2.05) is 0 Å². The summed E-state index contributed by atoms with van der Waals surface area (Å²) in [5, 5.41) is 13.9. The molecule has 4 aliphatic carbocycles. The molecule has 4 rings (SSSR count).